The van der Waals surface area contributed by atoms with E-state index in [2.05, 4.69) is 68.2 Å². The molecule has 0 spiro atoms. The van der Waals surface area contributed by atoms with Crippen LogP contribution in [-0.2, 0) is 6.54 Å². The smallest absolute Gasteiger partial charge is 0.0206 e. The average Bonchev–Trinajstić information content (AvgIpc) is 2.46. The molecule has 0 saturated heterocycles. The largest absolute Gasteiger partial charge is 0.311 e. The zero-order valence-corrected chi connectivity index (χ0v) is 14.4. The fourth-order valence-electron chi connectivity index (χ4n) is 2.28. The molecule has 0 heterocycles. The van der Waals surface area contributed by atoms with Crippen LogP contribution < -0.4 is 5.32 Å². The van der Waals surface area contributed by atoms with Gasteiger partial charge in [-0.25, -0.2) is 0 Å². The summed E-state index contributed by atoms with van der Waals surface area (Å²) in [5.41, 5.74) is 1.37. The van der Waals surface area contributed by atoms with E-state index < -0.39 is 0 Å². The molecule has 21 heavy (non-hydrogen) atoms. The second-order valence-corrected chi connectivity index (χ2v) is 6.87. The summed E-state index contributed by atoms with van der Waals surface area (Å²) in [5.74, 6) is 1.59. The predicted octanol–water partition coefficient (Wildman–Crippen LogP) is 4.17. The van der Waals surface area contributed by atoms with Crippen LogP contribution in [0.15, 0.2) is 30.3 Å². The number of rotatable bonds is 11. The van der Waals surface area contributed by atoms with E-state index in [9.17, 15) is 0 Å². The highest BCUT2D eigenvalue weighted by molar-refractivity contribution is 5.14. The molecule has 0 amide bonds. The normalized spacial score (nSPS) is 11.8. The summed E-state index contributed by atoms with van der Waals surface area (Å²) in [6, 6.07) is 10.6. The van der Waals surface area contributed by atoms with E-state index in [-0.39, 0.29) is 0 Å². The highest BCUT2D eigenvalue weighted by Crippen LogP contribution is 2.06. The molecule has 120 valence electrons. The Bertz CT molecular complexity index is 334. The van der Waals surface area contributed by atoms with E-state index in [1.54, 1.807) is 0 Å². The maximum atomic E-state index is 3.57. The highest BCUT2D eigenvalue weighted by atomic mass is 15.1. The molecular weight excluding hydrogens is 256 g/mol. The van der Waals surface area contributed by atoms with Gasteiger partial charge in [-0.1, -0.05) is 58.0 Å². The molecule has 1 N–H and O–H groups in total. The summed E-state index contributed by atoms with van der Waals surface area (Å²) in [5, 5.41) is 3.57. The molecule has 0 aliphatic rings. The van der Waals surface area contributed by atoms with Crippen LogP contribution in [0, 0.1) is 11.8 Å². The number of benzene rings is 1. The fraction of sp³-hybridized carbons (Fsp3) is 0.684. The van der Waals surface area contributed by atoms with Crippen LogP contribution in [0.4, 0.5) is 0 Å². The van der Waals surface area contributed by atoms with Gasteiger partial charge < -0.3 is 10.2 Å². The van der Waals surface area contributed by atoms with Gasteiger partial charge >= 0.3 is 0 Å². The first-order valence-electron chi connectivity index (χ1n) is 8.55. The lowest BCUT2D eigenvalue weighted by molar-refractivity contribution is 0.243. The zero-order valence-electron chi connectivity index (χ0n) is 14.4. The lowest BCUT2D eigenvalue weighted by Gasteiger charge is -2.24. The molecule has 2 heteroatoms. The molecule has 1 aromatic carbocycles. The van der Waals surface area contributed by atoms with Crippen LogP contribution >= 0.6 is 0 Å². The van der Waals surface area contributed by atoms with Crippen molar-refractivity contribution in [3.05, 3.63) is 35.9 Å². The molecule has 0 bridgehead atoms. The van der Waals surface area contributed by atoms with Crippen molar-refractivity contribution in [3.8, 4) is 0 Å². The lowest BCUT2D eigenvalue weighted by atomic mass is 10.1. The molecule has 0 atom stereocenters. The van der Waals surface area contributed by atoms with E-state index in [0.29, 0.717) is 0 Å². The molecule has 0 radical (unpaired) electrons. The summed E-state index contributed by atoms with van der Waals surface area (Å²) in [7, 11) is 0. The Kier molecular flexibility index (Phi) is 9.36. The van der Waals surface area contributed by atoms with Gasteiger partial charge in [0.1, 0.15) is 0 Å². The molecule has 2 nitrogen and oxygen atoms in total. The van der Waals surface area contributed by atoms with Gasteiger partial charge in [-0.15, -0.1) is 0 Å². The van der Waals surface area contributed by atoms with Crippen LogP contribution in [0.1, 0.15) is 46.1 Å². The topological polar surface area (TPSA) is 15.3 Å². The lowest BCUT2D eigenvalue weighted by Crippen LogP contribution is -2.34. The third-order valence-corrected chi connectivity index (χ3v) is 3.82. The van der Waals surface area contributed by atoms with Crippen molar-refractivity contribution in [1.82, 2.24) is 10.2 Å². The third kappa shape index (κ3) is 9.65. The Morgan fingerprint density at radius 1 is 0.857 bits per heavy atom. The third-order valence-electron chi connectivity index (χ3n) is 3.82. The van der Waals surface area contributed by atoms with Gasteiger partial charge in [0.15, 0.2) is 0 Å². The molecule has 0 aliphatic carbocycles. The van der Waals surface area contributed by atoms with Crippen molar-refractivity contribution in [1.29, 1.82) is 0 Å². The van der Waals surface area contributed by atoms with Crippen molar-refractivity contribution in [2.24, 2.45) is 11.8 Å². The number of nitrogens with one attached hydrogen (secondary N) is 1. The Morgan fingerprint density at radius 3 is 1.95 bits per heavy atom. The van der Waals surface area contributed by atoms with Crippen molar-refractivity contribution in [2.45, 2.75) is 47.1 Å². The maximum absolute atomic E-state index is 3.57. The van der Waals surface area contributed by atoms with Crippen molar-refractivity contribution >= 4 is 0 Å². The number of hydrogen-bond donors (Lipinski definition) is 1. The monoisotopic (exact) mass is 290 g/mol. The van der Waals surface area contributed by atoms with E-state index in [1.807, 2.05) is 0 Å². The van der Waals surface area contributed by atoms with Crippen molar-refractivity contribution in [2.75, 3.05) is 26.2 Å². The standard InChI is InChI=1S/C19H34N2/c1-17(2)10-13-21(14-11-18(3)4)15-12-20-16-19-8-6-5-7-9-19/h5-9,17-18,20H,10-16H2,1-4H3. The summed E-state index contributed by atoms with van der Waals surface area (Å²) >= 11 is 0. The Balaban J connectivity index is 2.24. The Hall–Kier alpha value is -0.860. The predicted molar refractivity (Wildman–Crippen MR) is 93.5 cm³/mol. The minimum absolute atomic E-state index is 0.795. The second-order valence-electron chi connectivity index (χ2n) is 6.87. The van der Waals surface area contributed by atoms with Gasteiger partial charge in [0, 0.05) is 19.6 Å². The first-order chi connectivity index (χ1) is 10.1. The average molecular weight is 290 g/mol. The van der Waals surface area contributed by atoms with Gasteiger partial charge in [-0.2, -0.15) is 0 Å². The van der Waals surface area contributed by atoms with E-state index >= 15 is 0 Å². The molecule has 0 unspecified atom stereocenters. The van der Waals surface area contributed by atoms with Gasteiger partial charge in [0.05, 0.1) is 0 Å². The molecular formula is C19H34N2. The van der Waals surface area contributed by atoms with Crippen LogP contribution in [-0.4, -0.2) is 31.1 Å². The quantitative estimate of drug-likeness (QED) is 0.615. The SMILES string of the molecule is CC(C)CCN(CCNCc1ccccc1)CCC(C)C. The van der Waals surface area contributed by atoms with Gasteiger partial charge in [-0.3, -0.25) is 0 Å². The van der Waals surface area contributed by atoms with E-state index in [4.69, 9.17) is 0 Å². The van der Waals surface area contributed by atoms with Gasteiger partial charge in [-0.05, 0) is 43.3 Å². The minimum Gasteiger partial charge on any atom is -0.311 e. The number of hydrogen-bond acceptors (Lipinski definition) is 2. The fourth-order valence-corrected chi connectivity index (χ4v) is 2.28. The van der Waals surface area contributed by atoms with E-state index in [0.717, 1.165) is 31.5 Å². The highest BCUT2D eigenvalue weighted by Gasteiger charge is 2.07. The first kappa shape index (κ1) is 18.2. The zero-order chi connectivity index (χ0) is 15.5. The van der Waals surface area contributed by atoms with Crippen LogP contribution in [0.25, 0.3) is 0 Å². The molecule has 0 aromatic heterocycles. The van der Waals surface area contributed by atoms with Crippen LogP contribution in [0.5, 0.6) is 0 Å². The van der Waals surface area contributed by atoms with Crippen LogP contribution in [0.3, 0.4) is 0 Å². The van der Waals surface area contributed by atoms with Crippen molar-refractivity contribution in [3.63, 3.8) is 0 Å². The molecule has 0 saturated carbocycles. The summed E-state index contributed by atoms with van der Waals surface area (Å²) in [6.45, 7) is 14.9. The Labute approximate surface area is 131 Å². The van der Waals surface area contributed by atoms with Crippen molar-refractivity contribution < 1.29 is 0 Å². The maximum Gasteiger partial charge on any atom is 0.0206 e. The minimum atomic E-state index is 0.795. The second kappa shape index (κ2) is 10.8. The summed E-state index contributed by atoms with van der Waals surface area (Å²) in [6.07, 6.45) is 2.60. The molecule has 1 rings (SSSR count). The van der Waals surface area contributed by atoms with Gasteiger partial charge in [0.25, 0.3) is 0 Å². The number of nitrogens with zero attached hydrogens (tertiary/aromatic N) is 1. The molecule has 0 aliphatic heterocycles. The summed E-state index contributed by atoms with van der Waals surface area (Å²) < 4.78 is 0. The van der Waals surface area contributed by atoms with E-state index in [1.165, 1.54) is 31.5 Å². The first-order valence-corrected chi connectivity index (χ1v) is 8.55. The molecule has 0 fully saturated rings. The molecule has 1 aromatic rings. The summed E-state index contributed by atoms with van der Waals surface area (Å²) in [4.78, 5) is 2.62. The van der Waals surface area contributed by atoms with Crippen LogP contribution in [0.2, 0.25) is 0 Å². The Morgan fingerprint density at radius 2 is 1.43 bits per heavy atom. The van der Waals surface area contributed by atoms with Gasteiger partial charge in [0.2, 0.25) is 0 Å².